The van der Waals surface area contributed by atoms with Crippen LogP contribution >= 0.6 is 0 Å². The van der Waals surface area contributed by atoms with Crippen molar-refractivity contribution in [1.29, 1.82) is 0 Å². The molecule has 1 amide bonds. The van der Waals surface area contributed by atoms with Gasteiger partial charge in [0.15, 0.2) is 0 Å². The van der Waals surface area contributed by atoms with Gasteiger partial charge in [-0.05, 0) is 6.42 Å². The molecule has 17 heavy (non-hydrogen) atoms. The molecule has 98 valence electrons. The zero-order valence-electron chi connectivity index (χ0n) is 10.7. The molecule has 0 aromatic rings. The van der Waals surface area contributed by atoms with Gasteiger partial charge in [-0.25, -0.2) is 0 Å². The van der Waals surface area contributed by atoms with Gasteiger partial charge in [-0.3, -0.25) is 14.6 Å². The van der Waals surface area contributed by atoms with Crippen LogP contribution in [0.4, 0.5) is 0 Å². The fourth-order valence-electron chi connectivity index (χ4n) is 2.35. The summed E-state index contributed by atoms with van der Waals surface area (Å²) < 4.78 is 5.33. The molecule has 0 N–H and O–H groups in total. The predicted molar refractivity (Wildman–Crippen MR) is 66.0 cm³/mol. The number of ether oxygens (including phenoxy) is 1. The van der Waals surface area contributed by atoms with Gasteiger partial charge in [0.05, 0.1) is 19.8 Å². The summed E-state index contributed by atoms with van der Waals surface area (Å²) in [6.45, 7) is 8.33. The third-order valence-corrected chi connectivity index (χ3v) is 3.59. The molecule has 0 unspecified atom stereocenters. The number of hydrogen-bond acceptors (Lipinski definition) is 4. The van der Waals surface area contributed by atoms with E-state index in [2.05, 4.69) is 9.80 Å². The first-order valence-electron chi connectivity index (χ1n) is 6.52. The van der Waals surface area contributed by atoms with Gasteiger partial charge in [0.25, 0.3) is 0 Å². The molecule has 2 rings (SSSR count). The van der Waals surface area contributed by atoms with E-state index in [-0.39, 0.29) is 5.91 Å². The Morgan fingerprint density at radius 3 is 2.53 bits per heavy atom. The summed E-state index contributed by atoms with van der Waals surface area (Å²) in [5.74, 6) is 0.254. The minimum Gasteiger partial charge on any atom is -0.379 e. The summed E-state index contributed by atoms with van der Waals surface area (Å²) in [5.41, 5.74) is 0. The Kier molecular flexibility index (Phi) is 4.76. The molecule has 0 spiro atoms. The number of rotatable bonds is 3. The highest BCUT2D eigenvalue weighted by Gasteiger charge is 2.19. The maximum Gasteiger partial charge on any atom is 0.236 e. The average molecular weight is 241 g/mol. The van der Waals surface area contributed by atoms with Gasteiger partial charge in [-0.2, -0.15) is 0 Å². The maximum absolute atomic E-state index is 11.7. The lowest BCUT2D eigenvalue weighted by molar-refractivity contribution is -0.129. The van der Waals surface area contributed by atoms with Crippen molar-refractivity contribution in [3.05, 3.63) is 0 Å². The van der Waals surface area contributed by atoms with Crippen molar-refractivity contribution in [2.75, 3.05) is 66.1 Å². The Hall–Kier alpha value is -0.650. The summed E-state index contributed by atoms with van der Waals surface area (Å²) in [4.78, 5) is 18.3. The van der Waals surface area contributed by atoms with Gasteiger partial charge >= 0.3 is 0 Å². The van der Waals surface area contributed by atoms with Crippen LogP contribution in [-0.4, -0.2) is 86.7 Å². The van der Waals surface area contributed by atoms with Gasteiger partial charge in [-0.1, -0.05) is 0 Å². The minimum absolute atomic E-state index is 0.254. The molecule has 0 aromatic heterocycles. The van der Waals surface area contributed by atoms with Gasteiger partial charge in [-0.15, -0.1) is 0 Å². The second-order valence-corrected chi connectivity index (χ2v) is 4.90. The summed E-state index contributed by atoms with van der Waals surface area (Å²) >= 11 is 0. The molecule has 0 radical (unpaired) electrons. The Morgan fingerprint density at radius 2 is 1.76 bits per heavy atom. The topological polar surface area (TPSA) is 36.0 Å². The number of likely N-dealkylation sites (N-methyl/N-ethyl adjacent to an activating group) is 1. The molecular formula is C12H23N3O2. The first-order chi connectivity index (χ1) is 8.25. The van der Waals surface area contributed by atoms with E-state index in [4.69, 9.17) is 4.74 Å². The van der Waals surface area contributed by atoms with E-state index < -0.39 is 0 Å². The molecule has 0 aromatic carbocycles. The fraction of sp³-hybridized carbons (Fsp3) is 0.917. The lowest BCUT2D eigenvalue weighted by atomic mass is 10.3. The number of amides is 1. The van der Waals surface area contributed by atoms with Crippen molar-refractivity contribution in [2.24, 2.45) is 0 Å². The molecule has 2 heterocycles. The molecule has 0 saturated carbocycles. The van der Waals surface area contributed by atoms with Crippen molar-refractivity contribution >= 4 is 5.91 Å². The minimum atomic E-state index is 0.254. The van der Waals surface area contributed by atoms with Gasteiger partial charge in [0.1, 0.15) is 0 Å². The maximum atomic E-state index is 11.7. The second-order valence-electron chi connectivity index (χ2n) is 4.90. The quantitative estimate of drug-likeness (QED) is 0.666. The first kappa shape index (κ1) is 12.8. The van der Waals surface area contributed by atoms with Crippen LogP contribution in [0.15, 0.2) is 0 Å². The molecule has 5 heteroatoms. The molecule has 0 aliphatic carbocycles. The van der Waals surface area contributed by atoms with Crippen LogP contribution in [0.1, 0.15) is 6.42 Å². The Bertz CT molecular complexity index is 254. The van der Waals surface area contributed by atoms with E-state index >= 15 is 0 Å². The van der Waals surface area contributed by atoms with E-state index in [9.17, 15) is 4.79 Å². The lowest BCUT2D eigenvalue weighted by Crippen LogP contribution is -2.43. The fourth-order valence-corrected chi connectivity index (χ4v) is 2.35. The Labute approximate surface area is 103 Å². The van der Waals surface area contributed by atoms with Crippen LogP contribution < -0.4 is 0 Å². The summed E-state index contributed by atoms with van der Waals surface area (Å²) in [5, 5.41) is 0. The van der Waals surface area contributed by atoms with Crippen LogP contribution in [0.2, 0.25) is 0 Å². The summed E-state index contributed by atoms with van der Waals surface area (Å²) in [7, 11) is 1.90. The van der Waals surface area contributed by atoms with Gasteiger partial charge < -0.3 is 9.64 Å². The molecule has 0 atom stereocenters. The largest absolute Gasteiger partial charge is 0.379 e. The molecule has 2 saturated heterocycles. The number of carbonyl (C=O) groups excluding carboxylic acids is 1. The molecule has 2 fully saturated rings. The normalized spacial score (nSPS) is 25.0. The average Bonchev–Trinajstić information content (AvgIpc) is 2.51. The molecule has 2 aliphatic rings. The molecular weight excluding hydrogens is 218 g/mol. The van der Waals surface area contributed by atoms with Gasteiger partial charge in [0, 0.05) is 46.3 Å². The lowest BCUT2D eigenvalue weighted by Gasteiger charge is -2.29. The number of morpholine rings is 1. The highest BCUT2D eigenvalue weighted by molar-refractivity contribution is 5.78. The van der Waals surface area contributed by atoms with E-state index in [0.29, 0.717) is 6.54 Å². The Morgan fingerprint density at radius 1 is 1.06 bits per heavy atom. The van der Waals surface area contributed by atoms with Crippen molar-refractivity contribution in [1.82, 2.24) is 14.7 Å². The standard InChI is InChI=1S/C12H23N3O2/c1-13-3-2-4-15(11-12(13)16)6-5-14-7-9-17-10-8-14/h2-11H2,1H3. The van der Waals surface area contributed by atoms with E-state index in [0.717, 1.165) is 58.9 Å². The highest BCUT2D eigenvalue weighted by Crippen LogP contribution is 2.03. The van der Waals surface area contributed by atoms with Gasteiger partial charge in [0.2, 0.25) is 5.91 Å². The zero-order chi connectivity index (χ0) is 12.1. The molecule has 0 bridgehead atoms. The first-order valence-corrected chi connectivity index (χ1v) is 6.52. The van der Waals surface area contributed by atoms with Crippen molar-refractivity contribution in [3.63, 3.8) is 0 Å². The van der Waals surface area contributed by atoms with Crippen molar-refractivity contribution in [2.45, 2.75) is 6.42 Å². The monoisotopic (exact) mass is 241 g/mol. The van der Waals surface area contributed by atoms with E-state index in [1.54, 1.807) is 0 Å². The third-order valence-electron chi connectivity index (χ3n) is 3.59. The Balaban J connectivity index is 1.72. The predicted octanol–water partition coefficient (Wildman–Crippen LogP) is -0.517. The van der Waals surface area contributed by atoms with Crippen molar-refractivity contribution < 1.29 is 9.53 Å². The van der Waals surface area contributed by atoms with E-state index in [1.165, 1.54) is 0 Å². The summed E-state index contributed by atoms with van der Waals surface area (Å²) in [6.07, 6.45) is 1.09. The van der Waals surface area contributed by atoms with Crippen LogP contribution in [0.25, 0.3) is 0 Å². The zero-order valence-corrected chi connectivity index (χ0v) is 10.7. The SMILES string of the molecule is CN1CCCN(CCN2CCOCC2)CC1=O. The highest BCUT2D eigenvalue weighted by atomic mass is 16.5. The van der Waals surface area contributed by atoms with Crippen LogP contribution in [0.3, 0.4) is 0 Å². The second kappa shape index (κ2) is 6.33. The smallest absolute Gasteiger partial charge is 0.236 e. The van der Waals surface area contributed by atoms with Crippen LogP contribution in [-0.2, 0) is 9.53 Å². The van der Waals surface area contributed by atoms with Crippen molar-refractivity contribution in [3.8, 4) is 0 Å². The van der Waals surface area contributed by atoms with E-state index in [1.807, 2.05) is 11.9 Å². The molecule has 5 nitrogen and oxygen atoms in total. The van der Waals surface area contributed by atoms with Crippen LogP contribution in [0.5, 0.6) is 0 Å². The van der Waals surface area contributed by atoms with Crippen LogP contribution in [0, 0.1) is 0 Å². The summed E-state index contributed by atoms with van der Waals surface area (Å²) in [6, 6.07) is 0. The molecule has 2 aliphatic heterocycles. The number of hydrogen-bond donors (Lipinski definition) is 0. The number of carbonyl (C=O) groups is 1. The number of nitrogens with zero attached hydrogens (tertiary/aromatic N) is 3. The third kappa shape index (κ3) is 3.94.